The zero-order valence-corrected chi connectivity index (χ0v) is 14.1. The molecule has 2 aromatic carbocycles. The molecule has 1 N–H and O–H groups in total. The Labute approximate surface area is 136 Å². The first kappa shape index (κ1) is 15.5. The second kappa shape index (κ2) is 5.66. The van der Waals surface area contributed by atoms with Crippen LogP contribution in [0.3, 0.4) is 0 Å². The number of hydrogen-bond acceptors (Lipinski definition) is 3. The van der Waals surface area contributed by atoms with Crippen molar-refractivity contribution in [2.75, 3.05) is 5.32 Å². The predicted molar refractivity (Wildman–Crippen MR) is 94.9 cm³/mol. The molecule has 5 heteroatoms. The molecule has 0 bridgehead atoms. The lowest BCUT2D eigenvalue weighted by Crippen LogP contribution is -2.11. The molecule has 1 heterocycles. The molecule has 0 saturated heterocycles. The van der Waals surface area contributed by atoms with Crippen LogP contribution in [0.25, 0.3) is 4.91 Å². The summed E-state index contributed by atoms with van der Waals surface area (Å²) in [5.41, 5.74) is 4.35. The Balaban J connectivity index is 2.03. The van der Waals surface area contributed by atoms with Crippen LogP contribution in [0, 0.1) is 13.8 Å². The third-order valence-corrected chi connectivity index (χ3v) is 5.17. The fraction of sp³-hybridized carbons (Fsp3) is 0.167. The summed E-state index contributed by atoms with van der Waals surface area (Å²) in [7, 11) is -3.67. The van der Waals surface area contributed by atoms with Gasteiger partial charge in [0, 0.05) is 11.3 Å². The van der Waals surface area contributed by atoms with Crippen molar-refractivity contribution in [1.82, 2.24) is 0 Å². The summed E-state index contributed by atoms with van der Waals surface area (Å²) in [5.74, 6) is 0.383. The highest BCUT2D eigenvalue weighted by Gasteiger charge is 2.30. The van der Waals surface area contributed by atoms with Crippen molar-refractivity contribution in [2.45, 2.75) is 20.8 Å². The summed E-state index contributed by atoms with van der Waals surface area (Å²) in [6.07, 6.45) is 0. The number of benzene rings is 2. The maximum Gasteiger partial charge on any atom is 0.285 e. The van der Waals surface area contributed by atoms with E-state index in [4.69, 9.17) is 0 Å². The quantitative estimate of drug-likeness (QED) is 0.911. The molecule has 1 aliphatic heterocycles. The molecule has 0 atom stereocenters. The molecular formula is C18H18N2O2S. The van der Waals surface area contributed by atoms with Crippen LogP contribution < -0.4 is 5.32 Å². The molecule has 0 fully saturated rings. The number of amidine groups is 1. The molecule has 0 aromatic heterocycles. The molecule has 2 aromatic rings. The molecule has 1 aliphatic rings. The van der Waals surface area contributed by atoms with Crippen molar-refractivity contribution in [2.24, 2.45) is 4.40 Å². The van der Waals surface area contributed by atoms with Crippen molar-refractivity contribution < 1.29 is 8.42 Å². The predicted octanol–water partition coefficient (Wildman–Crippen LogP) is 3.89. The van der Waals surface area contributed by atoms with Crippen LogP contribution in [0.5, 0.6) is 0 Å². The average molecular weight is 326 g/mol. The first-order valence-corrected chi connectivity index (χ1v) is 8.78. The topological polar surface area (TPSA) is 58.5 Å². The Morgan fingerprint density at radius 3 is 2.13 bits per heavy atom. The van der Waals surface area contributed by atoms with E-state index in [0.29, 0.717) is 17.0 Å². The SMILES string of the molecule is CC1=C(c2ccccc2)S(=O)(=O)N=C1Nc1cc(C)cc(C)c1. The van der Waals surface area contributed by atoms with Crippen molar-refractivity contribution in [1.29, 1.82) is 0 Å². The van der Waals surface area contributed by atoms with Gasteiger partial charge in [-0.1, -0.05) is 36.4 Å². The molecule has 4 nitrogen and oxygen atoms in total. The van der Waals surface area contributed by atoms with E-state index in [1.54, 1.807) is 19.1 Å². The maximum atomic E-state index is 12.4. The summed E-state index contributed by atoms with van der Waals surface area (Å²) >= 11 is 0. The summed E-state index contributed by atoms with van der Waals surface area (Å²) < 4.78 is 28.8. The lowest BCUT2D eigenvalue weighted by molar-refractivity contribution is 0.608. The second-order valence-electron chi connectivity index (χ2n) is 5.74. The van der Waals surface area contributed by atoms with Crippen LogP contribution in [0.1, 0.15) is 23.6 Å². The lowest BCUT2D eigenvalue weighted by Gasteiger charge is -2.09. The molecule has 0 saturated carbocycles. The molecule has 0 aliphatic carbocycles. The van der Waals surface area contributed by atoms with Gasteiger partial charge in [0.25, 0.3) is 10.0 Å². The molecular weight excluding hydrogens is 308 g/mol. The van der Waals surface area contributed by atoms with Crippen LogP contribution in [-0.4, -0.2) is 14.3 Å². The number of hydrogen-bond donors (Lipinski definition) is 1. The van der Waals surface area contributed by atoms with Crippen LogP contribution in [0.15, 0.2) is 58.5 Å². The first-order valence-electron chi connectivity index (χ1n) is 7.34. The summed E-state index contributed by atoms with van der Waals surface area (Å²) in [6, 6.07) is 15.1. The van der Waals surface area contributed by atoms with Crippen molar-refractivity contribution >= 4 is 26.5 Å². The Bertz CT molecular complexity index is 906. The van der Waals surface area contributed by atoms with Crippen molar-refractivity contribution in [3.8, 4) is 0 Å². The van der Waals surface area contributed by atoms with Crippen LogP contribution in [0.4, 0.5) is 5.69 Å². The minimum Gasteiger partial charge on any atom is -0.339 e. The minimum atomic E-state index is -3.67. The summed E-state index contributed by atoms with van der Waals surface area (Å²) in [5, 5.41) is 3.14. The van der Waals surface area contributed by atoms with E-state index in [1.807, 2.05) is 44.2 Å². The van der Waals surface area contributed by atoms with Crippen molar-refractivity contribution in [3.05, 3.63) is 70.8 Å². The minimum absolute atomic E-state index is 0.268. The Hall–Kier alpha value is -2.40. The molecule has 118 valence electrons. The zero-order valence-electron chi connectivity index (χ0n) is 13.3. The van der Waals surface area contributed by atoms with E-state index >= 15 is 0 Å². The maximum absolute atomic E-state index is 12.4. The molecule has 0 unspecified atom stereocenters. The van der Waals surface area contributed by atoms with Crippen LogP contribution >= 0.6 is 0 Å². The van der Waals surface area contributed by atoms with Crippen molar-refractivity contribution in [3.63, 3.8) is 0 Å². The van der Waals surface area contributed by atoms with E-state index in [-0.39, 0.29) is 4.91 Å². The van der Waals surface area contributed by atoms with Gasteiger partial charge in [-0.15, -0.1) is 4.40 Å². The summed E-state index contributed by atoms with van der Waals surface area (Å²) in [4.78, 5) is 0.268. The van der Waals surface area contributed by atoms with E-state index in [2.05, 4.69) is 15.8 Å². The van der Waals surface area contributed by atoms with E-state index in [1.165, 1.54) is 0 Å². The van der Waals surface area contributed by atoms with Gasteiger partial charge in [-0.2, -0.15) is 8.42 Å². The van der Waals surface area contributed by atoms with Crippen LogP contribution in [0.2, 0.25) is 0 Å². The van der Waals surface area contributed by atoms with Crippen LogP contribution in [-0.2, 0) is 10.0 Å². The average Bonchev–Trinajstić information content (AvgIpc) is 2.68. The highest BCUT2D eigenvalue weighted by atomic mass is 32.2. The largest absolute Gasteiger partial charge is 0.339 e. The van der Waals surface area contributed by atoms with E-state index < -0.39 is 10.0 Å². The fourth-order valence-electron chi connectivity index (χ4n) is 2.79. The summed E-state index contributed by atoms with van der Waals surface area (Å²) in [6.45, 7) is 5.79. The monoisotopic (exact) mass is 326 g/mol. The van der Waals surface area contributed by atoms with Gasteiger partial charge in [-0.3, -0.25) is 0 Å². The van der Waals surface area contributed by atoms with Gasteiger partial charge in [0.2, 0.25) is 0 Å². The number of nitrogens with zero attached hydrogens (tertiary/aromatic N) is 1. The molecule has 23 heavy (non-hydrogen) atoms. The van der Waals surface area contributed by atoms with Gasteiger partial charge in [0.05, 0.1) is 0 Å². The van der Waals surface area contributed by atoms with E-state index in [0.717, 1.165) is 16.8 Å². The van der Waals surface area contributed by atoms with Gasteiger partial charge in [0.1, 0.15) is 10.7 Å². The third-order valence-electron chi connectivity index (χ3n) is 3.69. The lowest BCUT2D eigenvalue weighted by atomic mass is 10.1. The molecule has 3 rings (SSSR count). The van der Waals surface area contributed by atoms with Gasteiger partial charge >= 0.3 is 0 Å². The van der Waals surface area contributed by atoms with Gasteiger partial charge in [-0.25, -0.2) is 0 Å². The molecule has 0 spiro atoms. The first-order chi connectivity index (χ1) is 10.9. The normalized spacial score (nSPS) is 16.4. The van der Waals surface area contributed by atoms with Gasteiger partial charge in [-0.05, 0) is 49.6 Å². The molecule has 0 amide bonds. The van der Waals surface area contributed by atoms with Gasteiger partial charge in [0.15, 0.2) is 0 Å². The smallest absolute Gasteiger partial charge is 0.285 e. The zero-order chi connectivity index (χ0) is 16.6. The third kappa shape index (κ3) is 3.05. The molecule has 0 radical (unpaired) electrons. The Kier molecular flexibility index (Phi) is 3.82. The number of anilines is 1. The number of nitrogens with one attached hydrogen (secondary N) is 1. The number of rotatable bonds is 2. The van der Waals surface area contributed by atoms with E-state index in [9.17, 15) is 8.42 Å². The highest BCUT2D eigenvalue weighted by Crippen LogP contribution is 2.32. The van der Waals surface area contributed by atoms with Gasteiger partial charge < -0.3 is 5.32 Å². The standard InChI is InChI=1S/C18H18N2O2S/c1-12-9-13(2)11-16(10-12)19-18-14(3)17(23(21,22)20-18)15-7-5-4-6-8-15/h4-11H,1-3H3,(H,19,20). The number of aryl methyl sites for hydroxylation is 2. The highest BCUT2D eigenvalue weighted by molar-refractivity contribution is 8.00. The fourth-order valence-corrected chi connectivity index (χ4v) is 4.22. The number of sulfonamides is 1. The Morgan fingerprint density at radius 1 is 0.913 bits per heavy atom. The Morgan fingerprint density at radius 2 is 1.52 bits per heavy atom. The second-order valence-corrected chi connectivity index (χ2v) is 7.28.